The molecule has 3 aromatic rings. The van der Waals surface area contributed by atoms with Crippen molar-refractivity contribution >= 4 is 12.0 Å². The van der Waals surface area contributed by atoms with E-state index in [9.17, 15) is 4.79 Å². The van der Waals surface area contributed by atoms with Gasteiger partial charge in [-0.25, -0.2) is 9.67 Å². The number of aldehydes is 1. The molecule has 2 heterocycles. The molecule has 2 unspecified atom stereocenters. The Balaban J connectivity index is 1.81. The highest BCUT2D eigenvalue weighted by atomic mass is 16.5. The summed E-state index contributed by atoms with van der Waals surface area (Å²) in [6, 6.07) is 16.0. The van der Waals surface area contributed by atoms with E-state index in [1.807, 2.05) is 53.0 Å². The van der Waals surface area contributed by atoms with E-state index in [0.717, 1.165) is 23.1 Å². The molecule has 2 aromatic carbocycles. The molecule has 4 rings (SSSR count). The Labute approximate surface area is 139 Å². The highest BCUT2D eigenvalue weighted by Crippen LogP contribution is 2.39. The third-order valence-corrected chi connectivity index (χ3v) is 4.24. The number of ether oxygens (including phenoxy) is 1. The van der Waals surface area contributed by atoms with Crippen LogP contribution in [0.1, 0.15) is 17.2 Å². The molecule has 0 fully saturated rings. The lowest BCUT2D eigenvalue weighted by atomic mass is 9.98. The topological polar surface area (TPSA) is 60.3 Å². The van der Waals surface area contributed by atoms with Crippen molar-refractivity contribution in [3.8, 4) is 5.75 Å². The van der Waals surface area contributed by atoms with Crippen LogP contribution in [0.2, 0.25) is 0 Å². The van der Waals surface area contributed by atoms with Crippen molar-refractivity contribution in [1.82, 2.24) is 14.8 Å². The monoisotopic (exact) mass is 320 g/mol. The summed E-state index contributed by atoms with van der Waals surface area (Å²) in [7, 11) is 1.85. The van der Waals surface area contributed by atoms with Crippen molar-refractivity contribution in [2.75, 3.05) is 11.9 Å². The number of carbonyl (C=O) groups is 1. The number of benzene rings is 2. The minimum absolute atomic E-state index is 0.0947. The van der Waals surface area contributed by atoms with Crippen molar-refractivity contribution in [2.24, 2.45) is 0 Å². The van der Waals surface area contributed by atoms with Gasteiger partial charge in [-0.1, -0.05) is 36.4 Å². The first kappa shape index (κ1) is 14.4. The highest BCUT2D eigenvalue weighted by Gasteiger charge is 2.29. The first-order valence-electron chi connectivity index (χ1n) is 7.65. The minimum Gasteiger partial charge on any atom is -0.461 e. The van der Waals surface area contributed by atoms with Gasteiger partial charge < -0.3 is 9.64 Å². The number of hydrogen-bond acceptors (Lipinski definition) is 5. The van der Waals surface area contributed by atoms with Gasteiger partial charge in [-0.3, -0.25) is 4.79 Å². The molecule has 0 saturated carbocycles. The van der Waals surface area contributed by atoms with E-state index in [4.69, 9.17) is 4.74 Å². The Bertz CT molecular complexity index is 849. The number of fused-ring (bicyclic) bond motifs is 1. The molecule has 6 nitrogen and oxygen atoms in total. The lowest BCUT2D eigenvalue weighted by molar-refractivity contribution is -0.113. The Morgan fingerprint density at radius 1 is 1.17 bits per heavy atom. The molecule has 0 saturated heterocycles. The van der Waals surface area contributed by atoms with E-state index in [1.54, 1.807) is 6.33 Å². The van der Waals surface area contributed by atoms with E-state index in [-0.39, 0.29) is 6.04 Å². The molecule has 2 atom stereocenters. The lowest BCUT2D eigenvalue weighted by Gasteiger charge is -2.20. The van der Waals surface area contributed by atoms with Crippen LogP contribution in [-0.4, -0.2) is 34.3 Å². The van der Waals surface area contributed by atoms with Crippen LogP contribution >= 0.6 is 0 Å². The summed E-state index contributed by atoms with van der Waals surface area (Å²) in [6.07, 6.45) is 3.46. The van der Waals surface area contributed by atoms with Gasteiger partial charge in [0.2, 0.25) is 6.23 Å². The van der Waals surface area contributed by atoms with Gasteiger partial charge in [0, 0.05) is 7.05 Å². The van der Waals surface area contributed by atoms with Crippen LogP contribution in [0, 0.1) is 0 Å². The fraction of sp³-hybridized carbons (Fsp3) is 0.167. The fourth-order valence-corrected chi connectivity index (χ4v) is 3.03. The van der Waals surface area contributed by atoms with Crippen LogP contribution in [0.25, 0.3) is 0 Å². The summed E-state index contributed by atoms with van der Waals surface area (Å²) < 4.78 is 7.45. The second kappa shape index (κ2) is 5.81. The van der Waals surface area contributed by atoms with Gasteiger partial charge in [0.05, 0.1) is 5.69 Å². The molecule has 0 radical (unpaired) electrons. The first-order valence-corrected chi connectivity index (χ1v) is 7.65. The smallest absolute Gasteiger partial charge is 0.228 e. The average molecular weight is 320 g/mol. The fourth-order valence-electron chi connectivity index (χ4n) is 3.03. The summed E-state index contributed by atoms with van der Waals surface area (Å²) in [4.78, 5) is 17.0. The number of rotatable bonds is 4. The van der Waals surface area contributed by atoms with E-state index < -0.39 is 6.23 Å². The molecule has 0 bridgehead atoms. The first-order chi connectivity index (χ1) is 11.8. The van der Waals surface area contributed by atoms with E-state index in [1.165, 1.54) is 6.33 Å². The summed E-state index contributed by atoms with van der Waals surface area (Å²) in [5, 5.41) is 4.32. The normalized spacial score (nSPS) is 17.2. The van der Waals surface area contributed by atoms with E-state index >= 15 is 0 Å². The zero-order valence-electron chi connectivity index (χ0n) is 13.1. The number of hydrogen-bond donors (Lipinski definition) is 0. The summed E-state index contributed by atoms with van der Waals surface area (Å²) in [6.45, 7) is 0. The average Bonchev–Trinajstić information content (AvgIpc) is 3.25. The molecular weight excluding hydrogens is 304 g/mol. The van der Waals surface area contributed by atoms with Crippen molar-refractivity contribution < 1.29 is 9.53 Å². The summed E-state index contributed by atoms with van der Waals surface area (Å²) >= 11 is 0. The molecule has 1 aliphatic rings. The molecule has 120 valence electrons. The standard InChI is InChI=1S/C18H16N4O2/c1-21-15-9-14(7-8-16(15)24-17(21)10-23)18(22-12-19-11-20-22)13-5-3-2-4-6-13/h2-12,17-18H,1H3. The Morgan fingerprint density at radius 3 is 2.71 bits per heavy atom. The molecular formula is C18H16N4O2. The van der Waals surface area contributed by atoms with Gasteiger partial charge in [0.25, 0.3) is 0 Å². The third-order valence-electron chi connectivity index (χ3n) is 4.24. The largest absolute Gasteiger partial charge is 0.461 e. The second-order valence-electron chi connectivity index (χ2n) is 5.67. The van der Waals surface area contributed by atoms with E-state index in [2.05, 4.69) is 22.2 Å². The Morgan fingerprint density at radius 2 is 2.00 bits per heavy atom. The van der Waals surface area contributed by atoms with Gasteiger partial charge in [0.1, 0.15) is 24.4 Å². The maximum atomic E-state index is 11.1. The summed E-state index contributed by atoms with van der Waals surface area (Å²) in [5.41, 5.74) is 3.05. The minimum atomic E-state index is -0.572. The Hall–Kier alpha value is -3.15. The number of carbonyl (C=O) groups excluding carboxylic acids is 1. The van der Waals surface area contributed by atoms with Crippen LogP contribution in [0.5, 0.6) is 5.75 Å². The number of nitrogens with zero attached hydrogens (tertiary/aromatic N) is 4. The maximum absolute atomic E-state index is 11.1. The molecule has 0 amide bonds. The van der Waals surface area contributed by atoms with Crippen molar-refractivity contribution in [2.45, 2.75) is 12.3 Å². The van der Waals surface area contributed by atoms with Crippen LogP contribution in [0.15, 0.2) is 61.2 Å². The lowest BCUT2D eigenvalue weighted by Crippen LogP contribution is -2.32. The van der Waals surface area contributed by atoms with Gasteiger partial charge in [-0.05, 0) is 23.3 Å². The molecule has 1 aliphatic heterocycles. The van der Waals surface area contributed by atoms with Crippen molar-refractivity contribution in [1.29, 1.82) is 0 Å². The third kappa shape index (κ3) is 2.32. The number of aromatic nitrogens is 3. The van der Waals surface area contributed by atoms with E-state index in [0.29, 0.717) is 5.75 Å². The number of anilines is 1. The molecule has 0 N–H and O–H groups in total. The molecule has 0 aliphatic carbocycles. The highest BCUT2D eigenvalue weighted by molar-refractivity contribution is 5.73. The Kier molecular flexibility index (Phi) is 3.49. The zero-order valence-corrected chi connectivity index (χ0v) is 13.1. The molecule has 6 heteroatoms. The molecule has 24 heavy (non-hydrogen) atoms. The van der Waals surface area contributed by atoms with Crippen LogP contribution in [-0.2, 0) is 4.79 Å². The SMILES string of the molecule is CN1c2cc(C(c3ccccc3)n3cncn3)ccc2OC1C=O. The second-order valence-corrected chi connectivity index (χ2v) is 5.67. The van der Waals surface area contributed by atoms with Crippen molar-refractivity contribution in [3.63, 3.8) is 0 Å². The molecule has 1 aromatic heterocycles. The summed E-state index contributed by atoms with van der Waals surface area (Å²) in [5.74, 6) is 0.712. The van der Waals surface area contributed by atoms with Crippen molar-refractivity contribution in [3.05, 3.63) is 72.3 Å². The predicted molar refractivity (Wildman–Crippen MR) is 89.0 cm³/mol. The van der Waals surface area contributed by atoms with Gasteiger partial charge >= 0.3 is 0 Å². The van der Waals surface area contributed by atoms with Crippen LogP contribution in [0.4, 0.5) is 5.69 Å². The maximum Gasteiger partial charge on any atom is 0.228 e. The number of likely N-dealkylation sites (N-methyl/N-ethyl adjacent to an activating group) is 1. The molecule has 0 spiro atoms. The quantitative estimate of drug-likeness (QED) is 0.690. The van der Waals surface area contributed by atoms with Gasteiger partial charge in [0.15, 0.2) is 6.29 Å². The van der Waals surface area contributed by atoms with Gasteiger partial charge in [-0.2, -0.15) is 5.10 Å². The van der Waals surface area contributed by atoms with Crippen LogP contribution < -0.4 is 9.64 Å². The predicted octanol–water partition coefficient (Wildman–Crippen LogP) is 2.27. The van der Waals surface area contributed by atoms with Gasteiger partial charge in [-0.15, -0.1) is 0 Å². The van der Waals surface area contributed by atoms with Crippen LogP contribution in [0.3, 0.4) is 0 Å². The zero-order chi connectivity index (χ0) is 16.5.